The van der Waals surface area contributed by atoms with Gasteiger partial charge in [-0.05, 0) is 18.9 Å². The van der Waals surface area contributed by atoms with Gasteiger partial charge in [0.2, 0.25) is 5.91 Å². The first-order valence-corrected chi connectivity index (χ1v) is 5.26. The van der Waals surface area contributed by atoms with E-state index in [1.54, 1.807) is 11.0 Å². The zero-order valence-electron chi connectivity index (χ0n) is 8.85. The van der Waals surface area contributed by atoms with Gasteiger partial charge < -0.3 is 10.6 Å². The number of H-pyrrole nitrogens is 1. The summed E-state index contributed by atoms with van der Waals surface area (Å²) in [6.07, 6.45) is 3.11. The van der Waals surface area contributed by atoms with Crippen molar-refractivity contribution >= 4 is 11.8 Å². The lowest BCUT2D eigenvalue weighted by atomic mass is 9.97. The summed E-state index contributed by atoms with van der Waals surface area (Å²) in [4.78, 5) is 24.6. The summed E-state index contributed by atoms with van der Waals surface area (Å²) >= 11 is 0. The monoisotopic (exact) mass is 222 g/mol. The summed E-state index contributed by atoms with van der Waals surface area (Å²) < 4.78 is 0. The van der Waals surface area contributed by atoms with Gasteiger partial charge in [-0.2, -0.15) is 5.10 Å². The minimum absolute atomic E-state index is 0.122. The second-order valence-electron chi connectivity index (χ2n) is 3.96. The molecule has 0 saturated carbocycles. The van der Waals surface area contributed by atoms with E-state index in [1.165, 1.54) is 6.20 Å². The van der Waals surface area contributed by atoms with E-state index < -0.39 is 0 Å². The first kappa shape index (κ1) is 10.7. The van der Waals surface area contributed by atoms with Crippen LogP contribution >= 0.6 is 0 Å². The third-order valence-electron chi connectivity index (χ3n) is 2.84. The van der Waals surface area contributed by atoms with Crippen LogP contribution in [0, 0.1) is 5.92 Å². The highest BCUT2D eigenvalue weighted by molar-refractivity contribution is 5.92. The number of rotatable bonds is 2. The zero-order valence-corrected chi connectivity index (χ0v) is 8.85. The minimum atomic E-state index is -0.331. The third-order valence-corrected chi connectivity index (χ3v) is 2.84. The molecule has 16 heavy (non-hydrogen) atoms. The van der Waals surface area contributed by atoms with Gasteiger partial charge in [-0.1, -0.05) is 0 Å². The lowest BCUT2D eigenvalue weighted by molar-refractivity contribution is -0.123. The van der Waals surface area contributed by atoms with Gasteiger partial charge in [0.1, 0.15) is 5.69 Å². The van der Waals surface area contributed by atoms with Gasteiger partial charge in [-0.3, -0.25) is 14.7 Å². The molecule has 86 valence electrons. The molecule has 1 fully saturated rings. The number of amides is 2. The first-order chi connectivity index (χ1) is 7.68. The van der Waals surface area contributed by atoms with Crippen molar-refractivity contribution < 1.29 is 9.59 Å². The van der Waals surface area contributed by atoms with Crippen molar-refractivity contribution in [3.8, 4) is 0 Å². The maximum Gasteiger partial charge on any atom is 0.271 e. The van der Waals surface area contributed by atoms with Gasteiger partial charge in [0.05, 0.1) is 5.92 Å². The molecule has 1 aliphatic heterocycles. The molecule has 6 nitrogen and oxygen atoms in total. The Morgan fingerprint density at radius 1 is 1.56 bits per heavy atom. The Balaban J connectivity index is 2.05. The summed E-state index contributed by atoms with van der Waals surface area (Å²) in [7, 11) is 0. The SMILES string of the molecule is NC(=O)C1CCCN(C(=O)c2ccn[nH]2)C1. The second-order valence-corrected chi connectivity index (χ2v) is 3.96. The Morgan fingerprint density at radius 3 is 3.00 bits per heavy atom. The maximum atomic E-state index is 11.9. The van der Waals surface area contributed by atoms with Crippen molar-refractivity contribution in [2.24, 2.45) is 11.7 Å². The summed E-state index contributed by atoms with van der Waals surface area (Å²) in [5, 5.41) is 6.35. The van der Waals surface area contributed by atoms with Crippen LogP contribution < -0.4 is 5.73 Å². The number of piperidine rings is 1. The highest BCUT2D eigenvalue weighted by atomic mass is 16.2. The fraction of sp³-hybridized carbons (Fsp3) is 0.500. The first-order valence-electron chi connectivity index (χ1n) is 5.26. The lowest BCUT2D eigenvalue weighted by Crippen LogP contribution is -2.44. The Kier molecular flexibility index (Phi) is 2.89. The van der Waals surface area contributed by atoms with Crippen LogP contribution in [0.3, 0.4) is 0 Å². The Hall–Kier alpha value is -1.85. The van der Waals surface area contributed by atoms with E-state index in [4.69, 9.17) is 5.73 Å². The maximum absolute atomic E-state index is 11.9. The van der Waals surface area contributed by atoms with Crippen molar-refractivity contribution in [1.82, 2.24) is 15.1 Å². The number of carbonyl (C=O) groups excluding carboxylic acids is 2. The molecular formula is C10H14N4O2. The smallest absolute Gasteiger partial charge is 0.271 e. The van der Waals surface area contributed by atoms with Crippen molar-refractivity contribution in [3.05, 3.63) is 18.0 Å². The molecule has 2 amide bonds. The molecule has 1 aromatic heterocycles. The van der Waals surface area contributed by atoms with Crippen LogP contribution in [0.25, 0.3) is 0 Å². The van der Waals surface area contributed by atoms with E-state index in [0.29, 0.717) is 18.8 Å². The number of hydrogen-bond acceptors (Lipinski definition) is 3. The van der Waals surface area contributed by atoms with Crippen LogP contribution in [0.5, 0.6) is 0 Å². The predicted molar refractivity (Wildman–Crippen MR) is 56.4 cm³/mol. The largest absolute Gasteiger partial charge is 0.369 e. The van der Waals surface area contributed by atoms with Crippen LogP contribution in [-0.2, 0) is 4.79 Å². The van der Waals surface area contributed by atoms with Crippen molar-refractivity contribution in [2.75, 3.05) is 13.1 Å². The summed E-state index contributed by atoms with van der Waals surface area (Å²) in [6.45, 7) is 1.08. The normalized spacial score (nSPS) is 20.8. The zero-order chi connectivity index (χ0) is 11.5. The van der Waals surface area contributed by atoms with Gasteiger partial charge in [0.25, 0.3) is 5.91 Å². The van der Waals surface area contributed by atoms with E-state index in [9.17, 15) is 9.59 Å². The molecule has 3 N–H and O–H groups in total. The molecule has 0 aromatic carbocycles. The predicted octanol–water partition coefficient (Wildman–Crippen LogP) is -0.253. The standard InChI is InChI=1S/C10H14N4O2/c11-9(15)7-2-1-5-14(6-7)10(16)8-3-4-12-13-8/h3-4,7H,1-2,5-6H2,(H2,11,15)(H,12,13). The molecule has 6 heteroatoms. The van der Waals surface area contributed by atoms with Crippen molar-refractivity contribution in [3.63, 3.8) is 0 Å². The molecule has 1 atom stereocenters. The van der Waals surface area contributed by atoms with Gasteiger partial charge in [-0.25, -0.2) is 0 Å². The van der Waals surface area contributed by atoms with Crippen molar-refractivity contribution in [1.29, 1.82) is 0 Å². The van der Waals surface area contributed by atoms with Gasteiger partial charge in [-0.15, -0.1) is 0 Å². The Morgan fingerprint density at radius 2 is 2.38 bits per heavy atom. The highest BCUT2D eigenvalue weighted by Crippen LogP contribution is 2.17. The number of nitrogens with zero attached hydrogens (tertiary/aromatic N) is 2. The summed E-state index contributed by atoms with van der Waals surface area (Å²) in [5.74, 6) is -0.675. The number of aromatic nitrogens is 2. The van der Waals surface area contributed by atoms with E-state index in [1.807, 2.05) is 0 Å². The quantitative estimate of drug-likeness (QED) is 0.722. The minimum Gasteiger partial charge on any atom is -0.369 e. The molecule has 0 spiro atoms. The van der Waals surface area contributed by atoms with Crippen LogP contribution in [0.2, 0.25) is 0 Å². The second kappa shape index (κ2) is 4.34. The molecule has 0 radical (unpaired) electrons. The Bertz CT molecular complexity index is 388. The molecule has 1 saturated heterocycles. The molecular weight excluding hydrogens is 208 g/mol. The number of primary amides is 1. The molecule has 1 unspecified atom stereocenters. The van der Waals surface area contributed by atoms with E-state index >= 15 is 0 Å². The average Bonchev–Trinajstić information content (AvgIpc) is 2.81. The number of aromatic amines is 1. The highest BCUT2D eigenvalue weighted by Gasteiger charge is 2.27. The number of nitrogens with two attached hydrogens (primary N) is 1. The number of hydrogen-bond donors (Lipinski definition) is 2. The number of likely N-dealkylation sites (tertiary alicyclic amines) is 1. The van der Waals surface area contributed by atoms with Gasteiger partial charge >= 0.3 is 0 Å². The van der Waals surface area contributed by atoms with E-state index in [-0.39, 0.29) is 17.7 Å². The molecule has 0 bridgehead atoms. The van der Waals surface area contributed by atoms with Crippen LogP contribution in [0.15, 0.2) is 12.3 Å². The number of carbonyl (C=O) groups is 2. The molecule has 1 aromatic rings. The van der Waals surface area contributed by atoms with Crippen LogP contribution in [0.1, 0.15) is 23.3 Å². The van der Waals surface area contributed by atoms with Gasteiger partial charge in [0, 0.05) is 19.3 Å². The molecule has 0 aliphatic carbocycles. The topological polar surface area (TPSA) is 92.1 Å². The number of nitrogens with one attached hydrogen (secondary N) is 1. The van der Waals surface area contributed by atoms with Crippen molar-refractivity contribution in [2.45, 2.75) is 12.8 Å². The molecule has 2 rings (SSSR count). The molecule has 2 heterocycles. The lowest BCUT2D eigenvalue weighted by Gasteiger charge is -2.30. The van der Waals surface area contributed by atoms with E-state index in [2.05, 4.69) is 10.2 Å². The average molecular weight is 222 g/mol. The fourth-order valence-corrected chi connectivity index (χ4v) is 1.94. The van der Waals surface area contributed by atoms with E-state index in [0.717, 1.165) is 12.8 Å². The van der Waals surface area contributed by atoms with Crippen LogP contribution in [0.4, 0.5) is 0 Å². The van der Waals surface area contributed by atoms with Crippen LogP contribution in [-0.4, -0.2) is 40.0 Å². The molecule has 1 aliphatic rings. The van der Waals surface area contributed by atoms with Gasteiger partial charge in [0.15, 0.2) is 0 Å². The fourth-order valence-electron chi connectivity index (χ4n) is 1.94. The third kappa shape index (κ3) is 2.05. The Labute approximate surface area is 92.8 Å². The summed E-state index contributed by atoms with van der Waals surface area (Å²) in [5.41, 5.74) is 5.70. The summed E-state index contributed by atoms with van der Waals surface area (Å²) in [6, 6.07) is 1.62.